The molecule has 1 N–H and O–H groups in total. The highest BCUT2D eigenvalue weighted by atomic mass is 14.9. The lowest BCUT2D eigenvalue weighted by molar-refractivity contribution is 0.706. The van der Waals surface area contributed by atoms with Gasteiger partial charge in [-0.25, -0.2) is 0 Å². The maximum absolute atomic E-state index is 3.26. The van der Waals surface area contributed by atoms with E-state index in [0.29, 0.717) is 5.92 Å². The molecule has 0 saturated carbocycles. The van der Waals surface area contributed by atoms with Crippen LogP contribution in [0, 0.1) is 0 Å². The maximum atomic E-state index is 3.26. The number of likely N-dealkylation sites (N-methyl/N-ethyl adjacent to an activating group) is 1. The Balaban J connectivity index is 2.31. The summed E-state index contributed by atoms with van der Waals surface area (Å²) in [7, 11) is 4.06. The van der Waals surface area contributed by atoms with Crippen molar-refractivity contribution >= 4 is 0 Å². The number of aryl methyl sites for hydroxylation is 1. The van der Waals surface area contributed by atoms with E-state index in [4.69, 9.17) is 0 Å². The third-order valence-electron chi connectivity index (χ3n) is 2.87. The van der Waals surface area contributed by atoms with E-state index in [1.165, 1.54) is 11.1 Å². The van der Waals surface area contributed by atoms with Crippen molar-refractivity contribution in [1.29, 1.82) is 0 Å². The van der Waals surface area contributed by atoms with Gasteiger partial charge in [-0.15, -0.1) is 0 Å². The summed E-state index contributed by atoms with van der Waals surface area (Å²) in [4.78, 5) is 0. The van der Waals surface area contributed by atoms with Crippen molar-refractivity contribution in [3.63, 3.8) is 0 Å². The molecular formula is C14H18N2. The van der Waals surface area contributed by atoms with Gasteiger partial charge >= 0.3 is 0 Å². The minimum Gasteiger partial charge on any atom is -0.357 e. The standard InChI is InChI=1S/C14H18N2/c1-15-10-14(12-6-4-3-5-7-12)13-8-9-16(2)11-13/h3-9,11,14-15H,10H2,1-2H3. The van der Waals surface area contributed by atoms with E-state index in [1.54, 1.807) is 0 Å². The van der Waals surface area contributed by atoms with E-state index in [9.17, 15) is 0 Å². The van der Waals surface area contributed by atoms with Crippen molar-refractivity contribution in [2.75, 3.05) is 13.6 Å². The molecule has 0 radical (unpaired) electrons. The van der Waals surface area contributed by atoms with Gasteiger partial charge in [0.05, 0.1) is 0 Å². The van der Waals surface area contributed by atoms with Crippen LogP contribution in [0.15, 0.2) is 48.8 Å². The van der Waals surface area contributed by atoms with Crippen LogP contribution in [0.1, 0.15) is 17.0 Å². The zero-order chi connectivity index (χ0) is 11.4. The van der Waals surface area contributed by atoms with Crippen molar-refractivity contribution in [1.82, 2.24) is 9.88 Å². The molecule has 0 spiro atoms. The molecule has 2 rings (SSSR count). The largest absolute Gasteiger partial charge is 0.357 e. The highest BCUT2D eigenvalue weighted by Crippen LogP contribution is 2.23. The van der Waals surface area contributed by atoms with Crippen LogP contribution >= 0.6 is 0 Å². The second-order valence-electron chi connectivity index (χ2n) is 4.13. The summed E-state index contributed by atoms with van der Waals surface area (Å²) in [6.45, 7) is 0.966. The number of aromatic nitrogens is 1. The summed E-state index contributed by atoms with van der Waals surface area (Å²) in [5.74, 6) is 0.437. The van der Waals surface area contributed by atoms with E-state index >= 15 is 0 Å². The first-order valence-electron chi connectivity index (χ1n) is 5.62. The zero-order valence-electron chi connectivity index (χ0n) is 9.85. The van der Waals surface area contributed by atoms with Crippen LogP contribution in [0.25, 0.3) is 0 Å². The molecule has 0 aliphatic carbocycles. The summed E-state index contributed by atoms with van der Waals surface area (Å²) >= 11 is 0. The Hall–Kier alpha value is -1.54. The van der Waals surface area contributed by atoms with Crippen LogP contribution in [-0.2, 0) is 7.05 Å². The highest BCUT2D eigenvalue weighted by molar-refractivity contribution is 5.31. The molecule has 0 fully saturated rings. The molecular weight excluding hydrogens is 196 g/mol. The molecule has 0 aliphatic heterocycles. The second kappa shape index (κ2) is 4.99. The minimum atomic E-state index is 0.437. The molecule has 2 heteroatoms. The van der Waals surface area contributed by atoms with Crippen LogP contribution in [0.5, 0.6) is 0 Å². The number of rotatable bonds is 4. The Bertz CT molecular complexity index is 431. The molecule has 1 unspecified atom stereocenters. The molecule has 0 bridgehead atoms. The van der Waals surface area contributed by atoms with Crippen molar-refractivity contribution in [3.05, 3.63) is 59.9 Å². The molecule has 2 nitrogen and oxygen atoms in total. The first kappa shape index (κ1) is 11.0. The Morgan fingerprint density at radius 3 is 2.44 bits per heavy atom. The smallest absolute Gasteiger partial charge is 0.0229 e. The summed E-state index contributed by atoms with van der Waals surface area (Å²) < 4.78 is 2.10. The van der Waals surface area contributed by atoms with Gasteiger partial charge in [-0.05, 0) is 24.2 Å². The number of benzene rings is 1. The molecule has 1 aromatic carbocycles. The fourth-order valence-corrected chi connectivity index (χ4v) is 2.05. The van der Waals surface area contributed by atoms with E-state index in [1.807, 2.05) is 7.05 Å². The Morgan fingerprint density at radius 1 is 1.12 bits per heavy atom. The van der Waals surface area contributed by atoms with Crippen LogP contribution < -0.4 is 5.32 Å². The SMILES string of the molecule is CNCC(c1ccccc1)c1ccn(C)c1. The van der Waals surface area contributed by atoms with Crippen LogP contribution in [-0.4, -0.2) is 18.2 Å². The lowest BCUT2D eigenvalue weighted by Gasteiger charge is -2.15. The lowest BCUT2D eigenvalue weighted by Crippen LogP contribution is -2.17. The van der Waals surface area contributed by atoms with Crippen molar-refractivity contribution < 1.29 is 0 Å². The molecule has 2 aromatic rings. The van der Waals surface area contributed by atoms with Gasteiger partial charge in [0.25, 0.3) is 0 Å². The van der Waals surface area contributed by atoms with Gasteiger partial charge in [0.15, 0.2) is 0 Å². The Kier molecular flexibility index (Phi) is 3.42. The van der Waals surface area contributed by atoms with E-state index in [2.05, 4.69) is 65.7 Å². The third kappa shape index (κ3) is 2.34. The fourth-order valence-electron chi connectivity index (χ4n) is 2.05. The Morgan fingerprint density at radius 2 is 1.88 bits per heavy atom. The fraction of sp³-hybridized carbons (Fsp3) is 0.286. The normalized spacial score (nSPS) is 12.6. The number of nitrogens with zero attached hydrogens (tertiary/aromatic N) is 1. The monoisotopic (exact) mass is 214 g/mol. The van der Waals surface area contributed by atoms with Crippen molar-refractivity contribution in [2.45, 2.75) is 5.92 Å². The molecule has 16 heavy (non-hydrogen) atoms. The molecule has 1 heterocycles. The third-order valence-corrected chi connectivity index (χ3v) is 2.87. The molecule has 1 aromatic heterocycles. The predicted octanol–water partition coefficient (Wildman–Crippen LogP) is 2.38. The van der Waals surface area contributed by atoms with Crippen molar-refractivity contribution in [2.24, 2.45) is 7.05 Å². The molecule has 0 aliphatic rings. The second-order valence-corrected chi connectivity index (χ2v) is 4.13. The minimum absolute atomic E-state index is 0.437. The first-order chi connectivity index (χ1) is 7.81. The summed E-state index contributed by atoms with van der Waals surface area (Å²) in [6.07, 6.45) is 4.29. The van der Waals surface area contributed by atoms with Gasteiger partial charge in [0, 0.05) is 31.9 Å². The van der Waals surface area contributed by atoms with Gasteiger partial charge in [0.2, 0.25) is 0 Å². The van der Waals surface area contributed by atoms with Crippen LogP contribution in [0.3, 0.4) is 0 Å². The molecule has 0 saturated heterocycles. The Labute approximate surface area is 96.9 Å². The number of hydrogen-bond acceptors (Lipinski definition) is 1. The topological polar surface area (TPSA) is 17.0 Å². The summed E-state index contributed by atoms with van der Waals surface area (Å²) in [5.41, 5.74) is 2.73. The van der Waals surface area contributed by atoms with E-state index in [-0.39, 0.29) is 0 Å². The quantitative estimate of drug-likeness (QED) is 0.827. The molecule has 0 amide bonds. The summed E-state index contributed by atoms with van der Waals surface area (Å²) in [5, 5.41) is 3.26. The average molecular weight is 214 g/mol. The molecule has 84 valence electrons. The highest BCUT2D eigenvalue weighted by Gasteiger charge is 2.13. The number of nitrogens with one attached hydrogen (secondary N) is 1. The van der Waals surface area contributed by atoms with E-state index in [0.717, 1.165) is 6.54 Å². The summed E-state index contributed by atoms with van der Waals surface area (Å²) in [6, 6.07) is 12.8. The van der Waals surface area contributed by atoms with E-state index < -0.39 is 0 Å². The molecule has 1 atom stereocenters. The van der Waals surface area contributed by atoms with Gasteiger partial charge in [-0.1, -0.05) is 30.3 Å². The van der Waals surface area contributed by atoms with Gasteiger partial charge < -0.3 is 9.88 Å². The van der Waals surface area contributed by atoms with Gasteiger partial charge in [0.1, 0.15) is 0 Å². The maximum Gasteiger partial charge on any atom is 0.0229 e. The lowest BCUT2D eigenvalue weighted by atomic mass is 9.93. The van der Waals surface area contributed by atoms with Crippen LogP contribution in [0.4, 0.5) is 0 Å². The predicted molar refractivity (Wildman–Crippen MR) is 67.6 cm³/mol. The van der Waals surface area contributed by atoms with Gasteiger partial charge in [-0.3, -0.25) is 0 Å². The first-order valence-corrected chi connectivity index (χ1v) is 5.62. The number of hydrogen-bond donors (Lipinski definition) is 1. The van der Waals surface area contributed by atoms with Crippen LogP contribution in [0.2, 0.25) is 0 Å². The van der Waals surface area contributed by atoms with Gasteiger partial charge in [-0.2, -0.15) is 0 Å². The zero-order valence-corrected chi connectivity index (χ0v) is 9.85. The average Bonchev–Trinajstić information content (AvgIpc) is 2.74. The van der Waals surface area contributed by atoms with Crippen molar-refractivity contribution in [3.8, 4) is 0 Å².